The number of benzene rings is 1. The fourth-order valence-electron chi connectivity index (χ4n) is 1.99. The lowest BCUT2D eigenvalue weighted by Gasteiger charge is -2.10. The van der Waals surface area contributed by atoms with Crippen molar-refractivity contribution in [3.8, 4) is 0 Å². The number of nitrogen functional groups attached to an aromatic ring is 1. The Balaban J connectivity index is 1.84. The van der Waals surface area contributed by atoms with Gasteiger partial charge in [0, 0.05) is 25.0 Å². The van der Waals surface area contributed by atoms with Crippen molar-refractivity contribution in [3.05, 3.63) is 36.4 Å². The molecule has 7 heteroatoms. The number of nitrogens with two attached hydrogens (primary N) is 1. The van der Waals surface area contributed by atoms with Gasteiger partial charge in [0.05, 0.1) is 6.33 Å². The van der Waals surface area contributed by atoms with Gasteiger partial charge in [0.1, 0.15) is 11.8 Å². The Morgan fingerprint density at radius 1 is 1.25 bits per heavy atom. The van der Waals surface area contributed by atoms with Crippen LogP contribution in [0.2, 0.25) is 0 Å². The van der Waals surface area contributed by atoms with E-state index in [1.165, 1.54) is 6.33 Å². The average molecular weight is 269 g/mol. The van der Waals surface area contributed by atoms with E-state index in [1.54, 1.807) is 6.33 Å². The summed E-state index contributed by atoms with van der Waals surface area (Å²) in [6.07, 6.45) is 3.08. The van der Waals surface area contributed by atoms with E-state index in [4.69, 9.17) is 5.73 Å². The molecule has 7 nitrogen and oxygen atoms in total. The van der Waals surface area contributed by atoms with Crippen LogP contribution in [0.5, 0.6) is 0 Å². The predicted octanol–water partition coefficient (Wildman–Crippen LogP) is 1.59. The van der Waals surface area contributed by atoms with E-state index in [9.17, 15) is 0 Å². The molecule has 0 aliphatic rings. The molecule has 0 saturated heterocycles. The third-order valence-electron chi connectivity index (χ3n) is 3.10. The Morgan fingerprint density at radius 2 is 2.15 bits per heavy atom. The molecule has 0 bridgehead atoms. The van der Waals surface area contributed by atoms with Gasteiger partial charge < -0.3 is 21.4 Å². The highest BCUT2D eigenvalue weighted by Crippen LogP contribution is 2.20. The fraction of sp³-hybridized carbons (Fsp3) is 0.154. The van der Waals surface area contributed by atoms with E-state index < -0.39 is 0 Å². The smallest absolute Gasteiger partial charge is 0.182 e. The van der Waals surface area contributed by atoms with Crippen LogP contribution in [0.3, 0.4) is 0 Å². The first kappa shape index (κ1) is 12.2. The Kier molecular flexibility index (Phi) is 3.08. The Hall–Kier alpha value is -2.83. The number of fused-ring (bicyclic) bond motifs is 1. The summed E-state index contributed by atoms with van der Waals surface area (Å²) in [6.45, 7) is 0.576. The molecule has 0 aliphatic carbocycles. The fourth-order valence-corrected chi connectivity index (χ4v) is 1.99. The van der Waals surface area contributed by atoms with Crippen molar-refractivity contribution >= 4 is 28.4 Å². The summed E-state index contributed by atoms with van der Waals surface area (Å²) < 4.78 is 0. The molecule has 1 aromatic carbocycles. The molecule has 0 radical (unpaired) electrons. The third kappa shape index (κ3) is 2.20. The summed E-state index contributed by atoms with van der Waals surface area (Å²) in [4.78, 5) is 15.4. The first-order valence-corrected chi connectivity index (χ1v) is 6.22. The van der Waals surface area contributed by atoms with Crippen LogP contribution in [0, 0.1) is 0 Å². The molecule has 3 aromatic rings. The molecule has 2 aromatic heterocycles. The molecular weight excluding hydrogens is 254 g/mol. The molecule has 0 amide bonds. The molecule has 2 heterocycles. The maximum atomic E-state index is 5.98. The average Bonchev–Trinajstić information content (AvgIpc) is 2.95. The molecule has 0 atom stereocenters. The second-order valence-electron chi connectivity index (χ2n) is 4.34. The largest absolute Gasteiger partial charge is 0.398 e. The first-order chi connectivity index (χ1) is 9.78. The predicted molar refractivity (Wildman–Crippen MR) is 79.4 cm³/mol. The number of H-pyrrole nitrogens is 1. The van der Waals surface area contributed by atoms with Crippen LogP contribution in [-0.4, -0.2) is 27.0 Å². The summed E-state index contributed by atoms with van der Waals surface area (Å²) in [5, 5.41) is 6.35. The second-order valence-corrected chi connectivity index (χ2v) is 4.34. The van der Waals surface area contributed by atoms with Crippen LogP contribution >= 0.6 is 0 Å². The van der Waals surface area contributed by atoms with E-state index >= 15 is 0 Å². The van der Waals surface area contributed by atoms with Gasteiger partial charge in [-0.2, -0.15) is 0 Å². The maximum absolute atomic E-state index is 5.98. The van der Waals surface area contributed by atoms with Gasteiger partial charge >= 0.3 is 0 Å². The van der Waals surface area contributed by atoms with Crippen LogP contribution in [0.15, 0.2) is 30.9 Å². The molecule has 0 saturated carbocycles. The zero-order chi connectivity index (χ0) is 13.9. The first-order valence-electron chi connectivity index (χ1n) is 6.22. The summed E-state index contributed by atoms with van der Waals surface area (Å²) in [5.74, 6) is 0.710. The molecule has 5 N–H and O–H groups in total. The number of imidazole rings is 1. The quantitative estimate of drug-likeness (QED) is 0.536. The molecule has 20 heavy (non-hydrogen) atoms. The van der Waals surface area contributed by atoms with Crippen molar-refractivity contribution < 1.29 is 0 Å². The van der Waals surface area contributed by atoms with Crippen LogP contribution in [-0.2, 0) is 6.54 Å². The van der Waals surface area contributed by atoms with Gasteiger partial charge in [0.2, 0.25) is 0 Å². The normalized spacial score (nSPS) is 10.7. The lowest BCUT2D eigenvalue weighted by molar-refractivity contribution is 1.10. The lowest BCUT2D eigenvalue weighted by atomic mass is 10.1. The molecule has 0 aliphatic heterocycles. The third-order valence-corrected chi connectivity index (χ3v) is 3.10. The Labute approximate surface area is 115 Å². The number of nitrogens with zero attached hydrogens (tertiary/aromatic N) is 3. The standard InChI is InChI=1S/C13H15N7/c1-15-9-2-3-10(14)8(4-9)5-16-12-11-13(18-6-17-11)20-7-19-12/h2-4,6-7,15H,5,14H2,1H3,(H2,16,17,18,19,20). The van der Waals surface area contributed by atoms with Crippen molar-refractivity contribution in [2.24, 2.45) is 0 Å². The van der Waals surface area contributed by atoms with Crippen molar-refractivity contribution in [2.75, 3.05) is 23.4 Å². The van der Waals surface area contributed by atoms with Crippen LogP contribution < -0.4 is 16.4 Å². The number of aromatic amines is 1. The zero-order valence-electron chi connectivity index (χ0n) is 11.0. The van der Waals surface area contributed by atoms with Gasteiger partial charge in [0.15, 0.2) is 11.5 Å². The van der Waals surface area contributed by atoms with E-state index in [1.807, 2.05) is 25.2 Å². The molecular formula is C13H15N7. The van der Waals surface area contributed by atoms with E-state index in [2.05, 4.69) is 30.6 Å². The molecule has 0 spiro atoms. The highest BCUT2D eigenvalue weighted by molar-refractivity contribution is 5.82. The van der Waals surface area contributed by atoms with Gasteiger partial charge in [0.25, 0.3) is 0 Å². The summed E-state index contributed by atoms with van der Waals surface area (Å²) in [5.41, 5.74) is 10.2. The topological polar surface area (TPSA) is 105 Å². The number of rotatable bonds is 4. The molecule has 0 fully saturated rings. The van der Waals surface area contributed by atoms with Crippen molar-refractivity contribution in [2.45, 2.75) is 6.54 Å². The van der Waals surface area contributed by atoms with E-state index in [0.717, 1.165) is 22.5 Å². The molecule has 102 valence electrons. The molecule has 3 rings (SSSR count). The minimum atomic E-state index is 0.576. The highest BCUT2D eigenvalue weighted by Gasteiger charge is 2.06. The lowest BCUT2D eigenvalue weighted by Crippen LogP contribution is -2.05. The van der Waals surface area contributed by atoms with Crippen molar-refractivity contribution in [3.63, 3.8) is 0 Å². The number of anilines is 3. The highest BCUT2D eigenvalue weighted by atomic mass is 15.1. The number of aromatic nitrogens is 4. The van der Waals surface area contributed by atoms with Gasteiger partial charge in [-0.1, -0.05) is 0 Å². The number of hydrogen-bond donors (Lipinski definition) is 4. The maximum Gasteiger partial charge on any atom is 0.182 e. The minimum Gasteiger partial charge on any atom is -0.398 e. The summed E-state index contributed by atoms with van der Waals surface area (Å²) >= 11 is 0. The van der Waals surface area contributed by atoms with E-state index in [0.29, 0.717) is 18.0 Å². The SMILES string of the molecule is CNc1ccc(N)c(CNc2ncnc3nc[nH]c23)c1. The van der Waals surface area contributed by atoms with Crippen LogP contribution in [0.4, 0.5) is 17.2 Å². The second kappa shape index (κ2) is 5.04. The summed E-state index contributed by atoms with van der Waals surface area (Å²) in [7, 11) is 1.88. The minimum absolute atomic E-state index is 0.576. The van der Waals surface area contributed by atoms with E-state index in [-0.39, 0.29) is 0 Å². The number of nitrogens with one attached hydrogen (secondary N) is 3. The van der Waals surface area contributed by atoms with Crippen LogP contribution in [0.25, 0.3) is 11.2 Å². The van der Waals surface area contributed by atoms with Gasteiger partial charge in [-0.3, -0.25) is 0 Å². The Morgan fingerprint density at radius 3 is 3.00 bits per heavy atom. The van der Waals surface area contributed by atoms with Crippen molar-refractivity contribution in [1.29, 1.82) is 0 Å². The van der Waals surface area contributed by atoms with Gasteiger partial charge in [-0.05, 0) is 23.8 Å². The van der Waals surface area contributed by atoms with Gasteiger partial charge in [-0.25, -0.2) is 15.0 Å². The Bertz CT molecular complexity index is 734. The monoisotopic (exact) mass is 269 g/mol. The van der Waals surface area contributed by atoms with Crippen LogP contribution in [0.1, 0.15) is 5.56 Å². The summed E-state index contributed by atoms with van der Waals surface area (Å²) in [6, 6.07) is 5.83. The zero-order valence-corrected chi connectivity index (χ0v) is 11.0. The molecule has 0 unspecified atom stereocenters. The van der Waals surface area contributed by atoms with Crippen molar-refractivity contribution in [1.82, 2.24) is 19.9 Å². The van der Waals surface area contributed by atoms with Gasteiger partial charge in [-0.15, -0.1) is 0 Å². The number of hydrogen-bond acceptors (Lipinski definition) is 6.